The van der Waals surface area contributed by atoms with Gasteiger partial charge in [0.25, 0.3) is 5.91 Å². The van der Waals surface area contributed by atoms with Crippen molar-refractivity contribution >= 4 is 34.3 Å². The Balaban J connectivity index is 1.59. The van der Waals surface area contributed by atoms with Crippen molar-refractivity contribution in [2.24, 2.45) is 0 Å². The number of imide groups is 1. The molecule has 3 rings (SSSR count). The van der Waals surface area contributed by atoms with Crippen LogP contribution >= 0.6 is 11.3 Å². The normalized spacial score (nSPS) is 16.1. The lowest BCUT2D eigenvalue weighted by molar-refractivity contribution is -0.120. The number of aromatic nitrogens is 1. The quantitative estimate of drug-likeness (QED) is 0.637. The zero-order valence-corrected chi connectivity index (χ0v) is 16.1. The number of carbonyl (C=O) groups is 3. The second kappa shape index (κ2) is 8.30. The van der Waals surface area contributed by atoms with Crippen molar-refractivity contribution in [1.82, 2.24) is 15.6 Å². The molecule has 4 amide bonds. The van der Waals surface area contributed by atoms with E-state index >= 15 is 0 Å². The number of nitrogens with one attached hydrogen (secondary N) is 3. The highest BCUT2D eigenvalue weighted by atomic mass is 32.1. The van der Waals surface area contributed by atoms with Gasteiger partial charge in [-0.25, -0.2) is 9.78 Å². The highest BCUT2D eigenvalue weighted by Gasteiger charge is 2.29. The fourth-order valence-corrected chi connectivity index (χ4v) is 3.81. The molecule has 1 fully saturated rings. The van der Waals surface area contributed by atoms with E-state index in [9.17, 15) is 14.4 Å². The average Bonchev–Trinajstić information content (AvgIpc) is 3.15. The first-order valence-electron chi connectivity index (χ1n) is 8.94. The summed E-state index contributed by atoms with van der Waals surface area (Å²) in [5.74, 6) is -0.630. The minimum atomic E-state index is -0.654. The second-order valence-corrected chi connectivity index (χ2v) is 7.68. The first-order valence-corrected chi connectivity index (χ1v) is 9.76. The van der Waals surface area contributed by atoms with Crippen LogP contribution in [0.5, 0.6) is 0 Å². The first kappa shape index (κ1) is 19.0. The molecule has 2 aromatic rings. The molecule has 0 bridgehead atoms. The summed E-state index contributed by atoms with van der Waals surface area (Å²) in [6, 6.07) is 7.15. The molecule has 1 aromatic heterocycles. The standard InChI is InChI=1S/C19H22N4O3S/c1-3-4-12-5-7-13(8-6-12)16-11(2)27-19(22-16)21-15(24)10-9-14-17(25)23-18(26)20-14/h5-8,14H,3-4,9-10H2,1-2H3,(H,21,22,24)(H2,20,23,25,26)/t14-/m0/s1. The summed E-state index contributed by atoms with van der Waals surface area (Å²) in [5, 5.41) is 7.94. The largest absolute Gasteiger partial charge is 0.326 e. The number of hydrogen-bond acceptors (Lipinski definition) is 5. The van der Waals surface area contributed by atoms with Crippen LogP contribution in [0.25, 0.3) is 11.3 Å². The van der Waals surface area contributed by atoms with Gasteiger partial charge < -0.3 is 10.6 Å². The summed E-state index contributed by atoms with van der Waals surface area (Å²) in [4.78, 5) is 40.3. The van der Waals surface area contributed by atoms with Crippen LogP contribution in [0, 0.1) is 6.92 Å². The molecular weight excluding hydrogens is 364 g/mol. The molecule has 142 valence electrons. The lowest BCUT2D eigenvalue weighted by atomic mass is 10.1. The van der Waals surface area contributed by atoms with Crippen LogP contribution in [0.15, 0.2) is 24.3 Å². The van der Waals surface area contributed by atoms with Gasteiger partial charge in [0.05, 0.1) is 5.69 Å². The molecule has 0 spiro atoms. The number of aryl methyl sites for hydroxylation is 2. The van der Waals surface area contributed by atoms with E-state index in [-0.39, 0.29) is 18.7 Å². The molecule has 3 N–H and O–H groups in total. The maximum Gasteiger partial charge on any atom is 0.322 e. The van der Waals surface area contributed by atoms with Gasteiger partial charge in [0.2, 0.25) is 5.91 Å². The molecule has 27 heavy (non-hydrogen) atoms. The van der Waals surface area contributed by atoms with E-state index in [0.29, 0.717) is 5.13 Å². The average molecular weight is 386 g/mol. The van der Waals surface area contributed by atoms with Gasteiger partial charge >= 0.3 is 6.03 Å². The van der Waals surface area contributed by atoms with Crippen LogP contribution in [-0.4, -0.2) is 28.9 Å². The molecule has 1 saturated heterocycles. The van der Waals surface area contributed by atoms with E-state index in [0.717, 1.165) is 29.0 Å². The number of amides is 4. The van der Waals surface area contributed by atoms with E-state index < -0.39 is 18.0 Å². The second-order valence-electron chi connectivity index (χ2n) is 6.47. The Labute approximate surface area is 161 Å². The summed E-state index contributed by atoms with van der Waals surface area (Å²) in [6.45, 7) is 4.13. The monoisotopic (exact) mass is 386 g/mol. The van der Waals surface area contributed by atoms with Gasteiger partial charge in [0.15, 0.2) is 5.13 Å². The molecule has 8 heteroatoms. The molecule has 0 saturated carbocycles. The Bertz CT molecular complexity index is 860. The lowest BCUT2D eigenvalue weighted by Gasteiger charge is -2.06. The zero-order chi connectivity index (χ0) is 19.4. The number of rotatable bonds is 7. The van der Waals surface area contributed by atoms with Gasteiger partial charge in [0.1, 0.15) is 6.04 Å². The first-order chi connectivity index (χ1) is 13.0. The predicted molar refractivity (Wildman–Crippen MR) is 105 cm³/mol. The summed E-state index contributed by atoms with van der Waals surface area (Å²) >= 11 is 1.42. The molecular formula is C19H22N4O3S. The number of benzene rings is 1. The van der Waals surface area contributed by atoms with Gasteiger partial charge in [-0.3, -0.25) is 14.9 Å². The third kappa shape index (κ3) is 4.71. The van der Waals surface area contributed by atoms with E-state index in [4.69, 9.17) is 0 Å². The molecule has 2 heterocycles. The van der Waals surface area contributed by atoms with Crippen molar-refractivity contribution in [2.75, 3.05) is 5.32 Å². The SMILES string of the molecule is CCCc1ccc(-c2nc(NC(=O)CC[C@@H]3NC(=O)NC3=O)sc2C)cc1. The van der Waals surface area contributed by atoms with E-state index in [1.165, 1.54) is 16.9 Å². The molecule has 0 aliphatic carbocycles. The number of nitrogens with zero attached hydrogens (tertiary/aromatic N) is 1. The number of urea groups is 1. The Morgan fingerprint density at radius 2 is 2.00 bits per heavy atom. The van der Waals surface area contributed by atoms with Gasteiger partial charge in [-0.15, -0.1) is 11.3 Å². The van der Waals surface area contributed by atoms with Crippen LogP contribution in [0.1, 0.15) is 36.6 Å². The Hall–Kier alpha value is -2.74. The summed E-state index contributed by atoms with van der Waals surface area (Å²) in [5.41, 5.74) is 3.18. The third-order valence-electron chi connectivity index (χ3n) is 4.33. The number of carbonyl (C=O) groups excluding carboxylic acids is 3. The van der Waals surface area contributed by atoms with Gasteiger partial charge in [0, 0.05) is 16.9 Å². The van der Waals surface area contributed by atoms with Crippen LogP contribution in [0.2, 0.25) is 0 Å². The van der Waals surface area contributed by atoms with Crippen molar-refractivity contribution in [3.8, 4) is 11.3 Å². The molecule has 1 aliphatic heterocycles. The van der Waals surface area contributed by atoms with Crippen LogP contribution in [-0.2, 0) is 16.0 Å². The van der Waals surface area contributed by atoms with E-state index in [2.05, 4.69) is 52.1 Å². The highest BCUT2D eigenvalue weighted by Crippen LogP contribution is 2.30. The highest BCUT2D eigenvalue weighted by molar-refractivity contribution is 7.16. The predicted octanol–water partition coefficient (Wildman–Crippen LogP) is 3.00. The van der Waals surface area contributed by atoms with E-state index in [1.54, 1.807) is 0 Å². The fourth-order valence-electron chi connectivity index (χ4n) is 2.96. The third-order valence-corrected chi connectivity index (χ3v) is 5.21. The van der Waals surface area contributed by atoms with Crippen LogP contribution in [0.4, 0.5) is 9.93 Å². The fraction of sp³-hybridized carbons (Fsp3) is 0.368. The lowest BCUT2D eigenvalue weighted by Crippen LogP contribution is -2.30. The summed E-state index contributed by atoms with van der Waals surface area (Å²) in [7, 11) is 0. The van der Waals surface area contributed by atoms with Gasteiger partial charge in [-0.05, 0) is 25.3 Å². The zero-order valence-electron chi connectivity index (χ0n) is 15.3. The Kier molecular flexibility index (Phi) is 5.85. The summed E-state index contributed by atoms with van der Waals surface area (Å²) in [6.07, 6.45) is 2.53. The van der Waals surface area contributed by atoms with Crippen molar-refractivity contribution in [3.63, 3.8) is 0 Å². The summed E-state index contributed by atoms with van der Waals surface area (Å²) < 4.78 is 0. The molecule has 0 unspecified atom stereocenters. The maximum atomic E-state index is 12.1. The molecule has 0 radical (unpaired) electrons. The number of anilines is 1. The number of hydrogen-bond donors (Lipinski definition) is 3. The van der Waals surface area contributed by atoms with Crippen molar-refractivity contribution in [2.45, 2.75) is 45.6 Å². The van der Waals surface area contributed by atoms with Gasteiger partial charge in [-0.1, -0.05) is 37.6 Å². The molecule has 1 aromatic carbocycles. The van der Waals surface area contributed by atoms with Crippen LogP contribution < -0.4 is 16.0 Å². The van der Waals surface area contributed by atoms with Crippen LogP contribution in [0.3, 0.4) is 0 Å². The Morgan fingerprint density at radius 3 is 2.63 bits per heavy atom. The van der Waals surface area contributed by atoms with Crippen molar-refractivity contribution < 1.29 is 14.4 Å². The smallest absolute Gasteiger partial charge is 0.322 e. The maximum absolute atomic E-state index is 12.1. The minimum Gasteiger partial charge on any atom is -0.326 e. The topological polar surface area (TPSA) is 100 Å². The Morgan fingerprint density at radius 1 is 1.26 bits per heavy atom. The number of thiazole rings is 1. The molecule has 1 aliphatic rings. The van der Waals surface area contributed by atoms with Gasteiger partial charge in [-0.2, -0.15) is 0 Å². The molecule has 1 atom stereocenters. The van der Waals surface area contributed by atoms with Crippen molar-refractivity contribution in [1.29, 1.82) is 0 Å². The molecule has 7 nitrogen and oxygen atoms in total. The van der Waals surface area contributed by atoms with E-state index in [1.807, 2.05) is 6.92 Å². The minimum absolute atomic E-state index is 0.123. The van der Waals surface area contributed by atoms with Crippen molar-refractivity contribution in [3.05, 3.63) is 34.7 Å².